The number of fused-ring (bicyclic) bond motifs is 1. The number of para-hydroxylation sites is 1. The van der Waals surface area contributed by atoms with Gasteiger partial charge in [0.15, 0.2) is 0 Å². The van der Waals surface area contributed by atoms with Gasteiger partial charge in [0.05, 0.1) is 23.7 Å². The maximum Gasteiger partial charge on any atom is 0.339 e. The monoisotopic (exact) mass is 437 g/mol. The summed E-state index contributed by atoms with van der Waals surface area (Å²) < 4.78 is 4.92. The number of nitrogens with zero attached hydrogens (tertiary/aromatic N) is 2. The van der Waals surface area contributed by atoms with E-state index in [1.165, 1.54) is 19.0 Å². The fourth-order valence-corrected chi connectivity index (χ4v) is 4.58. The quantitative estimate of drug-likeness (QED) is 0.316. The molecular formula is C26H19N3O2S. The van der Waals surface area contributed by atoms with E-state index in [2.05, 4.69) is 57.1 Å². The zero-order chi connectivity index (χ0) is 21.9. The average molecular weight is 438 g/mol. The van der Waals surface area contributed by atoms with E-state index < -0.39 is 5.97 Å². The van der Waals surface area contributed by atoms with E-state index in [1.807, 2.05) is 30.3 Å². The van der Waals surface area contributed by atoms with Crippen molar-refractivity contribution >= 4 is 39.0 Å². The zero-order valence-electron chi connectivity index (χ0n) is 17.3. The lowest BCUT2D eigenvalue weighted by Crippen LogP contribution is -2.06. The second-order valence-electron chi connectivity index (χ2n) is 7.16. The number of methoxy groups -OCH3 is 1. The van der Waals surface area contributed by atoms with Gasteiger partial charge in [0, 0.05) is 10.9 Å². The highest BCUT2D eigenvalue weighted by atomic mass is 32.1. The number of benzene rings is 3. The Bertz CT molecular complexity index is 1400. The van der Waals surface area contributed by atoms with Crippen molar-refractivity contribution in [2.45, 2.75) is 0 Å². The molecule has 0 fully saturated rings. The molecule has 0 spiro atoms. The first-order chi connectivity index (χ1) is 15.7. The fraction of sp³-hybridized carbons (Fsp3) is 0.0385. The van der Waals surface area contributed by atoms with E-state index in [1.54, 1.807) is 23.5 Å². The third kappa shape index (κ3) is 3.72. The van der Waals surface area contributed by atoms with Crippen LogP contribution >= 0.6 is 11.3 Å². The van der Waals surface area contributed by atoms with Crippen LogP contribution in [-0.2, 0) is 4.74 Å². The largest absolute Gasteiger partial charge is 0.465 e. The molecule has 0 saturated carbocycles. The minimum absolute atomic E-state index is 0.402. The molecule has 5 rings (SSSR count). The van der Waals surface area contributed by atoms with Gasteiger partial charge in [-0.15, -0.1) is 11.3 Å². The summed E-state index contributed by atoms with van der Waals surface area (Å²) in [7, 11) is 1.37. The van der Waals surface area contributed by atoms with Crippen molar-refractivity contribution < 1.29 is 9.53 Å². The molecule has 1 N–H and O–H groups in total. The van der Waals surface area contributed by atoms with Crippen molar-refractivity contribution in [2.75, 3.05) is 12.4 Å². The first-order valence-electron chi connectivity index (χ1n) is 10.1. The Hall–Kier alpha value is -4.03. The number of carbonyl (C=O) groups is 1. The number of aromatic nitrogens is 2. The molecule has 2 heterocycles. The number of hydrogen-bond acceptors (Lipinski definition) is 6. The summed E-state index contributed by atoms with van der Waals surface area (Å²) in [5, 5.41) is 6.33. The highest BCUT2D eigenvalue weighted by Crippen LogP contribution is 2.38. The van der Waals surface area contributed by atoms with E-state index in [0.717, 1.165) is 26.9 Å². The van der Waals surface area contributed by atoms with Gasteiger partial charge in [0.2, 0.25) is 0 Å². The van der Waals surface area contributed by atoms with Gasteiger partial charge >= 0.3 is 5.97 Å². The van der Waals surface area contributed by atoms with E-state index >= 15 is 0 Å². The van der Waals surface area contributed by atoms with Crippen molar-refractivity contribution in [3.05, 3.63) is 96.1 Å². The second kappa shape index (κ2) is 8.61. The van der Waals surface area contributed by atoms with Crippen LogP contribution in [0.2, 0.25) is 0 Å². The summed E-state index contributed by atoms with van der Waals surface area (Å²) in [6, 6.07) is 26.0. The predicted molar refractivity (Wildman–Crippen MR) is 129 cm³/mol. The molecule has 0 radical (unpaired) electrons. The lowest BCUT2D eigenvalue weighted by Gasteiger charge is -2.12. The molecule has 6 heteroatoms. The molecule has 0 amide bonds. The number of esters is 1. The van der Waals surface area contributed by atoms with Crippen LogP contribution in [-0.4, -0.2) is 23.0 Å². The van der Waals surface area contributed by atoms with Crippen LogP contribution in [0.25, 0.3) is 32.5 Å². The lowest BCUT2D eigenvalue weighted by atomic mass is 10.0. The Morgan fingerprint density at radius 3 is 2.31 bits per heavy atom. The van der Waals surface area contributed by atoms with E-state index in [4.69, 9.17) is 4.74 Å². The number of thiophene rings is 1. The van der Waals surface area contributed by atoms with Gasteiger partial charge in [-0.25, -0.2) is 14.8 Å². The number of nitrogens with one attached hydrogen (secondary N) is 1. The van der Waals surface area contributed by atoms with Crippen molar-refractivity contribution in [1.29, 1.82) is 0 Å². The minimum Gasteiger partial charge on any atom is -0.465 e. The van der Waals surface area contributed by atoms with Crippen LogP contribution in [0.3, 0.4) is 0 Å². The summed E-state index contributed by atoms with van der Waals surface area (Å²) in [6.07, 6.45) is 1.53. The number of anilines is 2. The van der Waals surface area contributed by atoms with Crippen LogP contribution in [0.5, 0.6) is 0 Å². The second-order valence-corrected chi connectivity index (χ2v) is 8.02. The first kappa shape index (κ1) is 19.9. The van der Waals surface area contributed by atoms with Gasteiger partial charge in [-0.2, -0.15) is 0 Å². The van der Waals surface area contributed by atoms with E-state index in [-0.39, 0.29) is 0 Å². The van der Waals surface area contributed by atoms with Crippen LogP contribution in [0, 0.1) is 0 Å². The number of carbonyl (C=O) groups excluding carboxylic acids is 1. The SMILES string of the molecule is COC(=O)c1ccccc1Nc1ncnc2scc(-c3ccc(-c4ccccc4)cc3)c12. The number of hydrogen-bond donors (Lipinski definition) is 1. The van der Waals surface area contributed by atoms with Crippen LogP contribution < -0.4 is 5.32 Å². The Morgan fingerprint density at radius 1 is 0.844 bits per heavy atom. The maximum atomic E-state index is 12.2. The normalized spacial score (nSPS) is 10.8. The summed E-state index contributed by atoms with van der Waals surface area (Å²) >= 11 is 1.57. The summed E-state index contributed by atoms with van der Waals surface area (Å²) in [5.41, 5.74) is 5.55. The molecule has 0 bridgehead atoms. The molecule has 2 aromatic heterocycles. The highest BCUT2D eigenvalue weighted by Gasteiger charge is 2.16. The Labute approximate surface area is 189 Å². The third-order valence-corrected chi connectivity index (χ3v) is 6.15. The summed E-state index contributed by atoms with van der Waals surface area (Å²) in [6.45, 7) is 0. The van der Waals surface area contributed by atoms with Crippen LogP contribution in [0.15, 0.2) is 90.6 Å². The molecule has 32 heavy (non-hydrogen) atoms. The highest BCUT2D eigenvalue weighted by molar-refractivity contribution is 7.17. The van der Waals surface area contributed by atoms with Crippen molar-refractivity contribution in [1.82, 2.24) is 9.97 Å². The minimum atomic E-state index is -0.402. The summed E-state index contributed by atoms with van der Waals surface area (Å²) in [5.74, 6) is 0.246. The third-order valence-electron chi connectivity index (χ3n) is 5.26. The average Bonchev–Trinajstić information content (AvgIpc) is 3.30. The lowest BCUT2D eigenvalue weighted by molar-refractivity contribution is 0.0602. The van der Waals surface area contributed by atoms with Crippen molar-refractivity contribution in [2.24, 2.45) is 0 Å². The molecule has 0 unspecified atom stereocenters. The van der Waals surface area contributed by atoms with Crippen LogP contribution in [0.4, 0.5) is 11.5 Å². The van der Waals surface area contributed by atoms with Crippen LogP contribution in [0.1, 0.15) is 10.4 Å². The van der Waals surface area contributed by atoms with Gasteiger partial charge in [0.1, 0.15) is 17.0 Å². The van der Waals surface area contributed by atoms with Crippen molar-refractivity contribution in [3.63, 3.8) is 0 Å². The molecule has 0 aliphatic heterocycles. The Kier molecular flexibility index (Phi) is 5.35. The van der Waals surface area contributed by atoms with Gasteiger partial charge in [-0.05, 0) is 28.8 Å². The predicted octanol–water partition coefficient (Wildman–Crippen LogP) is 6.56. The summed E-state index contributed by atoms with van der Waals surface area (Å²) in [4.78, 5) is 22.0. The molecule has 0 saturated heterocycles. The Balaban J connectivity index is 1.55. The smallest absolute Gasteiger partial charge is 0.339 e. The van der Waals surface area contributed by atoms with E-state index in [0.29, 0.717) is 17.1 Å². The molecule has 156 valence electrons. The number of ether oxygens (including phenoxy) is 1. The molecule has 0 atom stereocenters. The van der Waals surface area contributed by atoms with Crippen molar-refractivity contribution in [3.8, 4) is 22.3 Å². The molecule has 3 aromatic carbocycles. The van der Waals surface area contributed by atoms with E-state index in [9.17, 15) is 4.79 Å². The molecule has 0 aliphatic carbocycles. The van der Waals surface area contributed by atoms with Gasteiger partial charge < -0.3 is 10.1 Å². The molecule has 5 nitrogen and oxygen atoms in total. The maximum absolute atomic E-state index is 12.2. The standard InChI is InChI=1S/C26H19N3O2S/c1-31-26(30)20-9-5-6-10-22(20)29-24-23-21(15-32-25(23)28-16-27-24)19-13-11-18(12-14-19)17-7-3-2-4-8-17/h2-16H,1H3,(H,27,28,29). The van der Waals surface area contributed by atoms with Gasteiger partial charge in [0.25, 0.3) is 0 Å². The molecule has 5 aromatic rings. The zero-order valence-corrected chi connectivity index (χ0v) is 18.1. The molecular weight excluding hydrogens is 418 g/mol. The van der Waals surface area contributed by atoms with Gasteiger partial charge in [-0.3, -0.25) is 0 Å². The fourth-order valence-electron chi connectivity index (χ4n) is 3.66. The van der Waals surface area contributed by atoms with Gasteiger partial charge in [-0.1, -0.05) is 66.7 Å². The number of rotatable bonds is 5. The molecule has 0 aliphatic rings. The topological polar surface area (TPSA) is 64.1 Å². The first-order valence-corrected chi connectivity index (χ1v) is 10.9. The Morgan fingerprint density at radius 2 is 1.53 bits per heavy atom.